The quantitative estimate of drug-likeness (QED) is 0.602. The first-order valence-electron chi connectivity index (χ1n) is 4.70. The molecule has 1 saturated carbocycles. The van der Waals surface area contributed by atoms with Crippen molar-refractivity contribution in [3.8, 4) is 6.07 Å². The first-order valence-corrected chi connectivity index (χ1v) is 4.70. The molecule has 2 aliphatic rings. The van der Waals surface area contributed by atoms with E-state index in [4.69, 9.17) is 5.26 Å². The van der Waals surface area contributed by atoms with E-state index in [9.17, 15) is 4.79 Å². The number of nitrogens with one attached hydrogen (secondary N) is 1. The summed E-state index contributed by atoms with van der Waals surface area (Å²) in [5.41, 5.74) is -0.628. The average molecular weight is 179 g/mol. The molecule has 13 heavy (non-hydrogen) atoms. The van der Waals surface area contributed by atoms with Crippen LogP contribution in [0, 0.1) is 16.7 Å². The summed E-state index contributed by atoms with van der Waals surface area (Å²) in [6, 6.07) is 2.14. The highest BCUT2D eigenvalue weighted by Gasteiger charge is 2.52. The SMILES string of the molecule is N#CC1(C(=O)N2CCNCC2)CC1. The molecule has 0 spiro atoms. The average Bonchev–Trinajstić information content (AvgIpc) is 2.99. The molecule has 0 aromatic rings. The van der Waals surface area contributed by atoms with Gasteiger partial charge in [-0.15, -0.1) is 0 Å². The van der Waals surface area contributed by atoms with E-state index in [2.05, 4.69) is 11.4 Å². The van der Waals surface area contributed by atoms with Crippen LogP contribution in [0.25, 0.3) is 0 Å². The fraction of sp³-hybridized carbons (Fsp3) is 0.778. The minimum absolute atomic E-state index is 0.0523. The highest BCUT2D eigenvalue weighted by atomic mass is 16.2. The largest absolute Gasteiger partial charge is 0.339 e. The summed E-state index contributed by atoms with van der Waals surface area (Å²) in [5.74, 6) is 0.0523. The van der Waals surface area contributed by atoms with Gasteiger partial charge in [-0.3, -0.25) is 4.79 Å². The standard InChI is InChI=1S/C9H13N3O/c10-7-9(1-2-9)8(13)12-5-3-11-4-6-12/h11H,1-6H2. The Balaban J connectivity index is 2.00. The number of piperazine rings is 1. The molecule has 4 nitrogen and oxygen atoms in total. The first kappa shape index (κ1) is 8.52. The Labute approximate surface area is 77.5 Å². The maximum atomic E-state index is 11.8. The zero-order valence-electron chi connectivity index (χ0n) is 7.55. The monoisotopic (exact) mass is 179 g/mol. The highest BCUT2D eigenvalue weighted by Crippen LogP contribution is 2.46. The fourth-order valence-corrected chi connectivity index (χ4v) is 1.67. The van der Waals surface area contributed by atoms with Crippen molar-refractivity contribution in [1.82, 2.24) is 10.2 Å². The van der Waals surface area contributed by atoms with Crippen LogP contribution in [0.2, 0.25) is 0 Å². The molecule has 0 unspecified atom stereocenters. The van der Waals surface area contributed by atoms with Gasteiger partial charge in [0, 0.05) is 26.2 Å². The van der Waals surface area contributed by atoms with Crippen LogP contribution in [0.5, 0.6) is 0 Å². The molecule has 2 fully saturated rings. The smallest absolute Gasteiger partial charge is 0.243 e. The van der Waals surface area contributed by atoms with E-state index in [-0.39, 0.29) is 5.91 Å². The van der Waals surface area contributed by atoms with Gasteiger partial charge in [-0.1, -0.05) is 0 Å². The molecule has 0 radical (unpaired) electrons. The van der Waals surface area contributed by atoms with Crippen molar-refractivity contribution in [2.75, 3.05) is 26.2 Å². The summed E-state index contributed by atoms with van der Waals surface area (Å²) < 4.78 is 0. The van der Waals surface area contributed by atoms with Crippen LogP contribution in [0.1, 0.15) is 12.8 Å². The van der Waals surface area contributed by atoms with E-state index in [0.717, 1.165) is 39.0 Å². The van der Waals surface area contributed by atoms with Crippen LogP contribution in [0.15, 0.2) is 0 Å². The predicted octanol–water partition coefficient (Wildman–Crippen LogP) is -0.278. The van der Waals surface area contributed by atoms with Gasteiger partial charge in [-0.05, 0) is 12.8 Å². The van der Waals surface area contributed by atoms with Crippen molar-refractivity contribution in [3.05, 3.63) is 0 Å². The van der Waals surface area contributed by atoms with Crippen LogP contribution in [-0.4, -0.2) is 37.0 Å². The van der Waals surface area contributed by atoms with Crippen LogP contribution >= 0.6 is 0 Å². The summed E-state index contributed by atoms with van der Waals surface area (Å²) in [6.07, 6.45) is 1.51. The third-order valence-electron chi connectivity index (χ3n) is 2.78. The molecule has 1 heterocycles. The summed E-state index contributed by atoms with van der Waals surface area (Å²) in [5, 5.41) is 12.0. The molecule has 2 rings (SSSR count). The number of rotatable bonds is 1. The molecule has 0 aromatic heterocycles. The van der Waals surface area contributed by atoms with Crippen molar-refractivity contribution in [1.29, 1.82) is 5.26 Å². The zero-order chi connectivity index (χ0) is 9.31. The number of amides is 1. The second kappa shape index (κ2) is 3.00. The van der Waals surface area contributed by atoms with Gasteiger partial charge < -0.3 is 10.2 Å². The Morgan fingerprint density at radius 1 is 1.38 bits per heavy atom. The maximum absolute atomic E-state index is 11.8. The number of nitrogens with zero attached hydrogens (tertiary/aromatic N) is 2. The minimum Gasteiger partial charge on any atom is -0.339 e. The Hall–Kier alpha value is -1.08. The maximum Gasteiger partial charge on any atom is 0.243 e. The number of hydrogen-bond acceptors (Lipinski definition) is 3. The Morgan fingerprint density at radius 3 is 2.46 bits per heavy atom. The molecule has 0 atom stereocenters. The third-order valence-corrected chi connectivity index (χ3v) is 2.78. The lowest BCUT2D eigenvalue weighted by Gasteiger charge is -2.28. The molecule has 1 N–H and O–H groups in total. The fourth-order valence-electron chi connectivity index (χ4n) is 1.67. The van der Waals surface area contributed by atoms with Gasteiger partial charge in [0.2, 0.25) is 5.91 Å². The lowest BCUT2D eigenvalue weighted by atomic mass is 10.1. The van der Waals surface area contributed by atoms with Gasteiger partial charge in [0.05, 0.1) is 6.07 Å². The summed E-state index contributed by atoms with van der Waals surface area (Å²) in [4.78, 5) is 13.6. The molecule has 4 heteroatoms. The van der Waals surface area contributed by atoms with E-state index in [1.165, 1.54) is 0 Å². The van der Waals surface area contributed by atoms with Crippen LogP contribution < -0.4 is 5.32 Å². The zero-order valence-corrected chi connectivity index (χ0v) is 7.55. The van der Waals surface area contributed by atoms with E-state index in [1.54, 1.807) is 0 Å². The van der Waals surface area contributed by atoms with E-state index in [1.807, 2.05) is 4.90 Å². The van der Waals surface area contributed by atoms with Crippen molar-refractivity contribution in [2.45, 2.75) is 12.8 Å². The molecule has 70 valence electrons. The van der Waals surface area contributed by atoms with Gasteiger partial charge >= 0.3 is 0 Å². The Kier molecular flexibility index (Phi) is 1.97. The summed E-state index contributed by atoms with van der Waals surface area (Å²) >= 11 is 0. The predicted molar refractivity (Wildman–Crippen MR) is 46.7 cm³/mol. The van der Waals surface area contributed by atoms with Crippen LogP contribution in [0.3, 0.4) is 0 Å². The van der Waals surface area contributed by atoms with Gasteiger partial charge in [-0.2, -0.15) is 5.26 Å². The second-order valence-electron chi connectivity index (χ2n) is 3.74. The minimum atomic E-state index is -0.628. The molecule has 1 aliphatic heterocycles. The Bertz CT molecular complexity index is 259. The van der Waals surface area contributed by atoms with Crippen molar-refractivity contribution < 1.29 is 4.79 Å². The van der Waals surface area contributed by atoms with Gasteiger partial charge in [0.15, 0.2) is 0 Å². The number of carbonyl (C=O) groups is 1. The molecule has 0 bridgehead atoms. The van der Waals surface area contributed by atoms with Crippen LogP contribution in [-0.2, 0) is 4.79 Å². The molecule has 0 aromatic carbocycles. The van der Waals surface area contributed by atoms with Crippen molar-refractivity contribution >= 4 is 5.91 Å². The lowest BCUT2D eigenvalue weighted by molar-refractivity contribution is -0.135. The lowest BCUT2D eigenvalue weighted by Crippen LogP contribution is -2.48. The molecule has 1 amide bonds. The van der Waals surface area contributed by atoms with Gasteiger partial charge in [0.1, 0.15) is 5.41 Å². The first-order chi connectivity index (χ1) is 6.28. The van der Waals surface area contributed by atoms with Crippen molar-refractivity contribution in [3.63, 3.8) is 0 Å². The van der Waals surface area contributed by atoms with Crippen LogP contribution in [0.4, 0.5) is 0 Å². The third kappa shape index (κ3) is 1.40. The van der Waals surface area contributed by atoms with Crippen molar-refractivity contribution in [2.24, 2.45) is 5.41 Å². The summed E-state index contributed by atoms with van der Waals surface area (Å²) in [7, 11) is 0. The Morgan fingerprint density at radius 2 is 2.00 bits per heavy atom. The molecule has 1 saturated heterocycles. The number of nitriles is 1. The normalized spacial score (nSPS) is 25.0. The topological polar surface area (TPSA) is 56.1 Å². The van der Waals surface area contributed by atoms with Gasteiger partial charge in [0.25, 0.3) is 0 Å². The molecular weight excluding hydrogens is 166 g/mol. The molecule has 1 aliphatic carbocycles. The number of carbonyl (C=O) groups excluding carboxylic acids is 1. The molecular formula is C9H13N3O. The van der Waals surface area contributed by atoms with E-state index in [0.29, 0.717) is 0 Å². The summed E-state index contributed by atoms with van der Waals surface area (Å²) in [6.45, 7) is 3.21. The van der Waals surface area contributed by atoms with E-state index >= 15 is 0 Å². The number of hydrogen-bond donors (Lipinski definition) is 1. The highest BCUT2D eigenvalue weighted by molar-refractivity contribution is 5.88. The van der Waals surface area contributed by atoms with E-state index < -0.39 is 5.41 Å². The second-order valence-corrected chi connectivity index (χ2v) is 3.74. The van der Waals surface area contributed by atoms with Gasteiger partial charge in [-0.25, -0.2) is 0 Å².